The minimum Gasteiger partial charge on any atom is -0.316 e. The first-order chi connectivity index (χ1) is 8.02. The normalized spacial score (nSPS) is 18.2. The standard InChI is InChI=1S/C12H18BrN3O/c1-7(2)16-11(10(13)6-15-16)12(17)8(3)9-4-14-5-9/h6-9,14H,4-5H2,1-3H3. The largest absolute Gasteiger partial charge is 0.316 e. The van der Waals surface area contributed by atoms with Crippen molar-refractivity contribution >= 4 is 21.7 Å². The summed E-state index contributed by atoms with van der Waals surface area (Å²) in [7, 11) is 0. The lowest BCUT2D eigenvalue weighted by Crippen LogP contribution is -2.47. The van der Waals surface area contributed by atoms with Crippen molar-refractivity contribution in [2.45, 2.75) is 26.8 Å². The zero-order valence-electron chi connectivity index (χ0n) is 10.4. The number of ketones is 1. The highest BCUT2D eigenvalue weighted by atomic mass is 79.9. The van der Waals surface area contributed by atoms with Crippen LogP contribution < -0.4 is 5.32 Å². The molecule has 0 spiro atoms. The number of hydrogen-bond acceptors (Lipinski definition) is 3. The first-order valence-electron chi connectivity index (χ1n) is 6.00. The molecule has 0 aliphatic carbocycles. The molecule has 1 N–H and O–H groups in total. The summed E-state index contributed by atoms with van der Waals surface area (Å²) in [6, 6.07) is 0.201. The van der Waals surface area contributed by atoms with E-state index in [1.165, 1.54) is 0 Å². The highest BCUT2D eigenvalue weighted by Crippen LogP contribution is 2.26. The molecule has 1 aromatic heterocycles. The molecule has 0 saturated carbocycles. The van der Waals surface area contributed by atoms with Gasteiger partial charge in [-0.25, -0.2) is 0 Å². The van der Waals surface area contributed by atoms with E-state index in [1.807, 2.05) is 20.8 Å². The van der Waals surface area contributed by atoms with Crippen molar-refractivity contribution in [2.75, 3.05) is 13.1 Å². The zero-order chi connectivity index (χ0) is 12.6. The van der Waals surface area contributed by atoms with Crippen molar-refractivity contribution < 1.29 is 4.79 Å². The number of carbonyl (C=O) groups is 1. The van der Waals surface area contributed by atoms with E-state index in [-0.39, 0.29) is 17.7 Å². The van der Waals surface area contributed by atoms with Gasteiger partial charge in [-0.3, -0.25) is 9.48 Å². The maximum absolute atomic E-state index is 12.5. The minimum absolute atomic E-state index is 0.0572. The van der Waals surface area contributed by atoms with Gasteiger partial charge >= 0.3 is 0 Å². The van der Waals surface area contributed by atoms with Crippen LogP contribution in [0.15, 0.2) is 10.7 Å². The van der Waals surface area contributed by atoms with Gasteiger partial charge in [0.05, 0.1) is 10.7 Å². The summed E-state index contributed by atoms with van der Waals surface area (Å²) >= 11 is 3.42. The molecule has 1 aromatic rings. The summed E-state index contributed by atoms with van der Waals surface area (Å²) in [5.41, 5.74) is 0.708. The van der Waals surface area contributed by atoms with Gasteiger partial charge in [0.15, 0.2) is 5.78 Å². The molecule has 1 unspecified atom stereocenters. The average Bonchev–Trinajstić information content (AvgIpc) is 2.56. The van der Waals surface area contributed by atoms with E-state index in [4.69, 9.17) is 0 Å². The quantitative estimate of drug-likeness (QED) is 0.868. The number of halogens is 1. The van der Waals surface area contributed by atoms with E-state index >= 15 is 0 Å². The fourth-order valence-corrected chi connectivity index (χ4v) is 2.53. The SMILES string of the molecule is CC(C(=O)c1c(Br)cnn1C(C)C)C1CNC1. The number of Topliss-reactive ketones (excluding diaryl/α,β-unsaturated/α-hetero) is 1. The minimum atomic E-state index is 0.0572. The summed E-state index contributed by atoms with van der Waals surface area (Å²) in [5.74, 6) is 0.709. The van der Waals surface area contributed by atoms with Gasteiger partial charge < -0.3 is 5.32 Å². The van der Waals surface area contributed by atoms with E-state index in [0.717, 1.165) is 17.6 Å². The average molecular weight is 300 g/mol. The molecule has 0 amide bonds. The highest BCUT2D eigenvalue weighted by Gasteiger charge is 2.32. The summed E-state index contributed by atoms with van der Waals surface area (Å²) in [4.78, 5) is 12.5. The zero-order valence-corrected chi connectivity index (χ0v) is 12.0. The van der Waals surface area contributed by atoms with E-state index in [9.17, 15) is 4.79 Å². The predicted molar refractivity (Wildman–Crippen MR) is 70.2 cm³/mol. The molecule has 0 aromatic carbocycles. The summed E-state index contributed by atoms with van der Waals surface area (Å²) in [5, 5.41) is 7.46. The highest BCUT2D eigenvalue weighted by molar-refractivity contribution is 9.10. The monoisotopic (exact) mass is 299 g/mol. The molecule has 4 nitrogen and oxygen atoms in total. The Hall–Kier alpha value is -0.680. The Morgan fingerprint density at radius 3 is 2.65 bits per heavy atom. The van der Waals surface area contributed by atoms with E-state index in [2.05, 4.69) is 26.3 Å². The molecule has 0 radical (unpaired) electrons. The third kappa shape index (κ3) is 2.31. The first kappa shape index (κ1) is 12.8. The second-order valence-electron chi connectivity index (χ2n) is 4.95. The molecular weight excluding hydrogens is 282 g/mol. The van der Waals surface area contributed by atoms with Crippen molar-refractivity contribution in [3.63, 3.8) is 0 Å². The molecule has 1 atom stereocenters. The third-order valence-corrected chi connectivity index (χ3v) is 3.99. The molecule has 2 rings (SSSR count). The Balaban J connectivity index is 2.26. The molecular formula is C12H18BrN3O. The fraction of sp³-hybridized carbons (Fsp3) is 0.667. The molecule has 1 fully saturated rings. The molecule has 94 valence electrons. The lowest BCUT2D eigenvalue weighted by Gasteiger charge is -2.32. The lowest BCUT2D eigenvalue weighted by atomic mass is 9.85. The van der Waals surface area contributed by atoms with Gasteiger partial charge in [0.2, 0.25) is 0 Å². The Bertz CT molecular complexity index is 423. The summed E-state index contributed by atoms with van der Waals surface area (Å²) < 4.78 is 2.60. The Kier molecular flexibility index (Phi) is 3.68. The molecule has 2 heterocycles. The molecule has 1 aliphatic rings. The molecule has 0 bridgehead atoms. The van der Waals surface area contributed by atoms with E-state index < -0.39 is 0 Å². The number of aromatic nitrogens is 2. The number of rotatable bonds is 4. The van der Waals surface area contributed by atoms with Crippen molar-refractivity contribution in [3.05, 3.63) is 16.4 Å². The Morgan fingerprint density at radius 1 is 1.53 bits per heavy atom. The van der Waals surface area contributed by atoms with E-state index in [0.29, 0.717) is 11.6 Å². The van der Waals surface area contributed by atoms with Crippen LogP contribution in [0.5, 0.6) is 0 Å². The van der Waals surface area contributed by atoms with Gasteiger partial charge in [0.1, 0.15) is 5.69 Å². The first-order valence-corrected chi connectivity index (χ1v) is 6.79. The van der Waals surface area contributed by atoms with Crippen LogP contribution in [0.1, 0.15) is 37.3 Å². The molecule has 5 heteroatoms. The van der Waals surface area contributed by atoms with Gasteiger partial charge in [-0.1, -0.05) is 6.92 Å². The third-order valence-electron chi connectivity index (χ3n) is 3.41. The number of hydrogen-bond donors (Lipinski definition) is 1. The van der Waals surface area contributed by atoms with Gasteiger partial charge in [-0.2, -0.15) is 5.10 Å². The lowest BCUT2D eigenvalue weighted by molar-refractivity contribution is 0.0840. The van der Waals surface area contributed by atoms with Crippen LogP contribution >= 0.6 is 15.9 Å². The van der Waals surface area contributed by atoms with Crippen molar-refractivity contribution in [1.82, 2.24) is 15.1 Å². The van der Waals surface area contributed by atoms with Crippen molar-refractivity contribution in [3.8, 4) is 0 Å². The topological polar surface area (TPSA) is 46.9 Å². The van der Waals surface area contributed by atoms with Gasteiger partial charge in [-0.15, -0.1) is 0 Å². The van der Waals surface area contributed by atoms with Crippen LogP contribution in [0, 0.1) is 11.8 Å². The number of nitrogens with zero attached hydrogens (tertiary/aromatic N) is 2. The van der Waals surface area contributed by atoms with Crippen LogP contribution in [0.4, 0.5) is 0 Å². The number of nitrogens with one attached hydrogen (secondary N) is 1. The molecule has 17 heavy (non-hydrogen) atoms. The van der Waals surface area contributed by atoms with Gasteiger partial charge in [0.25, 0.3) is 0 Å². The predicted octanol–water partition coefficient (Wildman–Crippen LogP) is 2.26. The van der Waals surface area contributed by atoms with Crippen LogP contribution in [0.3, 0.4) is 0 Å². The second-order valence-corrected chi connectivity index (χ2v) is 5.81. The maximum Gasteiger partial charge on any atom is 0.185 e. The van der Waals surface area contributed by atoms with Crippen LogP contribution in [0.2, 0.25) is 0 Å². The fourth-order valence-electron chi connectivity index (χ4n) is 2.06. The van der Waals surface area contributed by atoms with Crippen LogP contribution in [0.25, 0.3) is 0 Å². The van der Waals surface area contributed by atoms with Gasteiger partial charge in [-0.05, 0) is 48.8 Å². The van der Waals surface area contributed by atoms with E-state index in [1.54, 1.807) is 10.9 Å². The van der Waals surface area contributed by atoms with Crippen molar-refractivity contribution in [2.24, 2.45) is 11.8 Å². The summed E-state index contributed by atoms with van der Waals surface area (Å²) in [6.07, 6.45) is 1.71. The molecule has 1 aliphatic heterocycles. The molecule has 1 saturated heterocycles. The maximum atomic E-state index is 12.5. The van der Waals surface area contributed by atoms with Crippen LogP contribution in [-0.4, -0.2) is 28.7 Å². The van der Waals surface area contributed by atoms with Crippen LogP contribution in [-0.2, 0) is 0 Å². The second kappa shape index (κ2) is 4.90. The Labute approximate surface area is 110 Å². The Morgan fingerprint density at radius 2 is 2.18 bits per heavy atom. The number of carbonyl (C=O) groups excluding carboxylic acids is 1. The van der Waals surface area contributed by atoms with Gasteiger partial charge in [0, 0.05) is 12.0 Å². The smallest absolute Gasteiger partial charge is 0.185 e. The van der Waals surface area contributed by atoms with Crippen molar-refractivity contribution in [1.29, 1.82) is 0 Å². The summed E-state index contributed by atoms with van der Waals surface area (Å²) in [6.45, 7) is 7.97.